The van der Waals surface area contributed by atoms with Gasteiger partial charge in [-0.05, 0) is 26.2 Å². The molecule has 0 aliphatic carbocycles. The fourth-order valence-electron chi connectivity index (χ4n) is 2.18. The van der Waals surface area contributed by atoms with Crippen LogP contribution in [0.4, 0.5) is 5.95 Å². The Hall–Kier alpha value is -1.03. The van der Waals surface area contributed by atoms with Gasteiger partial charge >= 0.3 is 0 Å². The SMILES string of the molecule is COc1cc(C)nc(N2CCCCC2CCl)n1. The highest BCUT2D eigenvalue weighted by Crippen LogP contribution is 2.24. The van der Waals surface area contributed by atoms with Crippen LogP contribution >= 0.6 is 11.6 Å². The number of ether oxygens (including phenoxy) is 1. The summed E-state index contributed by atoms with van der Waals surface area (Å²) in [6.45, 7) is 2.93. The molecule has 1 saturated heterocycles. The number of nitrogens with zero attached hydrogens (tertiary/aromatic N) is 3. The monoisotopic (exact) mass is 255 g/mol. The zero-order chi connectivity index (χ0) is 12.3. The van der Waals surface area contributed by atoms with Gasteiger partial charge in [-0.25, -0.2) is 4.98 Å². The van der Waals surface area contributed by atoms with Crippen molar-refractivity contribution < 1.29 is 4.74 Å². The lowest BCUT2D eigenvalue weighted by Gasteiger charge is -2.34. The second-order valence-electron chi connectivity index (χ2n) is 4.35. The van der Waals surface area contributed by atoms with Crippen LogP contribution in [-0.2, 0) is 0 Å². The number of hydrogen-bond acceptors (Lipinski definition) is 4. The third-order valence-corrected chi connectivity index (χ3v) is 3.45. The van der Waals surface area contributed by atoms with Crippen LogP contribution in [0.1, 0.15) is 25.0 Å². The Kier molecular flexibility index (Phi) is 4.05. The molecule has 0 spiro atoms. The average Bonchev–Trinajstić information content (AvgIpc) is 2.37. The molecule has 0 bridgehead atoms. The Labute approximate surface area is 107 Å². The summed E-state index contributed by atoms with van der Waals surface area (Å²) in [4.78, 5) is 11.1. The maximum absolute atomic E-state index is 6.01. The first-order valence-corrected chi connectivity index (χ1v) is 6.50. The normalized spacial score (nSPS) is 20.4. The van der Waals surface area contributed by atoms with Crippen molar-refractivity contribution in [2.75, 3.05) is 24.4 Å². The van der Waals surface area contributed by atoms with Crippen LogP contribution in [0.25, 0.3) is 0 Å². The minimum Gasteiger partial charge on any atom is -0.481 e. The van der Waals surface area contributed by atoms with Gasteiger partial charge in [0.1, 0.15) is 0 Å². The molecule has 0 amide bonds. The molecule has 1 fully saturated rings. The molecule has 1 aliphatic rings. The van der Waals surface area contributed by atoms with Gasteiger partial charge in [-0.1, -0.05) is 0 Å². The molecule has 0 radical (unpaired) electrons. The smallest absolute Gasteiger partial charge is 0.229 e. The summed E-state index contributed by atoms with van der Waals surface area (Å²) in [6, 6.07) is 2.18. The summed E-state index contributed by atoms with van der Waals surface area (Å²) in [5, 5.41) is 0. The van der Waals surface area contributed by atoms with Gasteiger partial charge in [-0.2, -0.15) is 4.98 Å². The lowest BCUT2D eigenvalue weighted by atomic mass is 10.0. The minimum atomic E-state index is 0.344. The number of methoxy groups -OCH3 is 1. The van der Waals surface area contributed by atoms with E-state index in [-0.39, 0.29) is 0 Å². The Bertz CT molecular complexity index is 386. The predicted octanol–water partition coefficient (Wildman–Crippen LogP) is 2.39. The van der Waals surface area contributed by atoms with Crippen LogP contribution in [0.15, 0.2) is 6.07 Å². The van der Waals surface area contributed by atoms with Gasteiger partial charge in [-0.15, -0.1) is 11.6 Å². The molecule has 1 aromatic heterocycles. The van der Waals surface area contributed by atoms with Crippen LogP contribution < -0.4 is 9.64 Å². The fourth-order valence-corrected chi connectivity index (χ4v) is 2.50. The predicted molar refractivity (Wildman–Crippen MR) is 69.0 cm³/mol. The number of aromatic nitrogens is 2. The van der Waals surface area contributed by atoms with Crippen molar-refractivity contribution in [3.05, 3.63) is 11.8 Å². The zero-order valence-corrected chi connectivity index (χ0v) is 11.1. The second kappa shape index (κ2) is 5.54. The molecule has 0 saturated carbocycles. The molecule has 5 heteroatoms. The number of rotatable bonds is 3. The van der Waals surface area contributed by atoms with Gasteiger partial charge in [0.05, 0.1) is 7.11 Å². The molecule has 4 nitrogen and oxygen atoms in total. The van der Waals surface area contributed by atoms with E-state index in [1.807, 2.05) is 13.0 Å². The van der Waals surface area contributed by atoms with E-state index in [0.717, 1.165) is 24.6 Å². The molecule has 17 heavy (non-hydrogen) atoms. The Balaban J connectivity index is 2.27. The van der Waals surface area contributed by atoms with Gasteiger partial charge in [-0.3, -0.25) is 0 Å². The standard InChI is InChI=1S/C12H18ClN3O/c1-9-7-11(17-2)15-12(14-9)16-6-4-3-5-10(16)8-13/h7,10H,3-6,8H2,1-2H3. The van der Waals surface area contributed by atoms with Crippen LogP contribution in [0, 0.1) is 6.92 Å². The van der Waals surface area contributed by atoms with E-state index in [4.69, 9.17) is 16.3 Å². The summed E-state index contributed by atoms with van der Waals surface area (Å²) >= 11 is 6.01. The van der Waals surface area contributed by atoms with Crippen LogP contribution in [0.3, 0.4) is 0 Å². The van der Waals surface area contributed by atoms with Crippen molar-refractivity contribution in [2.45, 2.75) is 32.2 Å². The molecule has 0 aromatic carbocycles. The van der Waals surface area contributed by atoms with E-state index >= 15 is 0 Å². The van der Waals surface area contributed by atoms with E-state index in [0.29, 0.717) is 17.8 Å². The molecule has 1 atom stereocenters. The number of aryl methyl sites for hydroxylation is 1. The summed E-state index contributed by atoms with van der Waals surface area (Å²) in [6.07, 6.45) is 3.52. The minimum absolute atomic E-state index is 0.344. The lowest BCUT2D eigenvalue weighted by Crippen LogP contribution is -2.41. The van der Waals surface area contributed by atoms with E-state index in [1.54, 1.807) is 7.11 Å². The Morgan fingerprint density at radius 3 is 3.00 bits per heavy atom. The Morgan fingerprint density at radius 1 is 1.47 bits per heavy atom. The van der Waals surface area contributed by atoms with Crippen molar-refractivity contribution >= 4 is 17.5 Å². The van der Waals surface area contributed by atoms with Crippen LogP contribution in [-0.4, -0.2) is 35.5 Å². The first kappa shape index (κ1) is 12.4. The molecule has 0 N–H and O–H groups in total. The highest BCUT2D eigenvalue weighted by Gasteiger charge is 2.24. The topological polar surface area (TPSA) is 38.2 Å². The lowest BCUT2D eigenvalue weighted by molar-refractivity contribution is 0.394. The van der Waals surface area contributed by atoms with Crippen molar-refractivity contribution in [3.8, 4) is 5.88 Å². The summed E-state index contributed by atoms with van der Waals surface area (Å²) in [5.74, 6) is 1.98. The third kappa shape index (κ3) is 2.80. The summed E-state index contributed by atoms with van der Waals surface area (Å²) in [7, 11) is 1.63. The molecule has 2 rings (SSSR count). The summed E-state index contributed by atoms with van der Waals surface area (Å²) < 4.78 is 5.18. The zero-order valence-electron chi connectivity index (χ0n) is 10.3. The largest absolute Gasteiger partial charge is 0.481 e. The molecular formula is C12H18ClN3O. The molecule has 1 unspecified atom stereocenters. The average molecular weight is 256 g/mol. The molecule has 1 aromatic rings. The molecule has 1 aliphatic heterocycles. The molecule has 94 valence electrons. The number of piperidine rings is 1. The fraction of sp³-hybridized carbons (Fsp3) is 0.667. The van der Waals surface area contributed by atoms with Gasteiger partial charge < -0.3 is 9.64 Å². The van der Waals surface area contributed by atoms with Crippen molar-refractivity contribution in [1.82, 2.24) is 9.97 Å². The molecule has 2 heterocycles. The Morgan fingerprint density at radius 2 is 2.29 bits per heavy atom. The maximum atomic E-state index is 6.01. The van der Waals surface area contributed by atoms with E-state index in [9.17, 15) is 0 Å². The van der Waals surface area contributed by atoms with E-state index < -0.39 is 0 Å². The van der Waals surface area contributed by atoms with E-state index in [2.05, 4.69) is 14.9 Å². The van der Waals surface area contributed by atoms with Crippen molar-refractivity contribution in [3.63, 3.8) is 0 Å². The van der Waals surface area contributed by atoms with Crippen LogP contribution in [0.2, 0.25) is 0 Å². The maximum Gasteiger partial charge on any atom is 0.229 e. The van der Waals surface area contributed by atoms with Crippen molar-refractivity contribution in [2.24, 2.45) is 0 Å². The van der Waals surface area contributed by atoms with E-state index in [1.165, 1.54) is 12.8 Å². The van der Waals surface area contributed by atoms with Gasteiger partial charge in [0.15, 0.2) is 0 Å². The highest BCUT2D eigenvalue weighted by molar-refractivity contribution is 6.18. The second-order valence-corrected chi connectivity index (χ2v) is 4.66. The third-order valence-electron chi connectivity index (χ3n) is 3.09. The van der Waals surface area contributed by atoms with Gasteiger partial charge in [0.25, 0.3) is 0 Å². The van der Waals surface area contributed by atoms with Crippen molar-refractivity contribution in [1.29, 1.82) is 0 Å². The number of halogens is 1. The first-order valence-electron chi connectivity index (χ1n) is 5.97. The quantitative estimate of drug-likeness (QED) is 0.778. The number of hydrogen-bond donors (Lipinski definition) is 0. The first-order chi connectivity index (χ1) is 8.24. The summed E-state index contributed by atoms with van der Waals surface area (Å²) in [5.41, 5.74) is 0.922. The number of anilines is 1. The van der Waals surface area contributed by atoms with Crippen LogP contribution in [0.5, 0.6) is 5.88 Å². The molecular weight excluding hydrogens is 238 g/mol. The van der Waals surface area contributed by atoms with Gasteiger partial charge in [0, 0.05) is 30.2 Å². The van der Waals surface area contributed by atoms with Gasteiger partial charge in [0.2, 0.25) is 11.8 Å². The highest BCUT2D eigenvalue weighted by atomic mass is 35.5. The number of alkyl halides is 1.